The molecule has 0 radical (unpaired) electrons. The normalized spacial score (nSPS) is 23.2. The number of hydrogen-bond donors (Lipinski definition) is 2. The van der Waals surface area contributed by atoms with Crippen LogP contribution in [0.4, 0.5) is 0 Å². The summed E-state index contributed by atoms with van der Waals surface area (Å²) in [5.41, 5.74) is 3.56. The topological polar surface area (TPSA) is 50.1 Å². The van der Waals surface area contributed by atoms with Crippen molar-refractivity contribution >= 4 is 0 Å². The molecule has 0 saturated heterocycles. The molecule has 1 aromatic heterocycles. The summed E-state index contributed by atoms with van der Waals surface area (Å²) >= 11 is 0. The van der Waals surface area contributed by atoms with E-state index in [2.05, 4.69) is 31.2 Å². The molecule has 20 heavy (non-hydrogen) atoms. The van der Waals surface area contributed by atoms with Crippen LogP contribution in [0.2, 0.25) is 0 Å². The van der Waals surface area contributed by atoms with Gasteiger partial charge >= 0.3 is 0 Å². The summed E-state index contributed by atoms with van der Waals surface area (Å²) in [6.45, 7) is 9.28. The summed E-state index contributed by atoms with van der Waals surface area (Å²) in [7, 11) is 0. The van der Waals surface area contributed by atoms with E-state index in [-0.39, 0.29) is 6.61 Å². The predicted molar refractivity (Wildman–Crippen MR) is 81.6 cm³/mol. The van der Waals surface area contributed by atoms with Gasteiger partial charge in [0.15, 0.2) is 0 Å². The quantitative estimate of drug-likeness (QED) is 0.841. The first-order chi connectivity index (χ1) is 9.61. The molecule has 1 saturated carbocycles. The lowest BCUT2D eigenvalue weighted by Gasteiger charge is -2.26. The number of nitrogens with zero attached hydrogens (tertiary/aromatic N) is 2. The minimum absolute atomic E-state index is 0.148. The Kier molecular flexibility index (Phi) is 5.61. The third-order valence-electron chi connectivity index (χ3n) is 4.62. The summed E-state index contributed by atoms with van der Waals surface area (Å²) < 4.78 is 1.91. The largest absolute Gasteiger partial charge is 0.394 e. The Balaban J connectivity index is 1.84. The summed E-state index contributed by atoms with van der Waals surface area (Å²) in [5.74, 6) is 1.73. The molecule has 1 heterocycles. The lowest BCUT2D eigenvalue weighted by atomic mass is 9.82. The fourth-order valence-electron chi connectivity index (χ4n) is 3.45. The minimum atomic E-state index is 0.148. The molecule has 0 aromatic carbocycles. The lowest BCUT2D eigenvalue weighted by Crippen LogP contribution is -2.26. The van der Waals surface area contributed by atoms with Crippen molar-refractivity contribution in [2.75, 3.05) is 13.2 Å². The molecule has 1 aromatic rings. The summed E-state index contributed by atoms with van der Waals surface area (Å²) in [4.78, 5) is 0. The van der Waals surface area contributed by atoms with Crippen molar-refractivity contribution in [1.82, 2.24) is 15.1 Å². The number of nitrogens with one attached hydrogen (secondary N) is 1. The Morgan fingerprint density at radius 3 is 2.85 bits per heavy atom. The summed E-state index contributed by atoms with van der Waals surface area (Å²) in [6, 6.07) is 0. The van der Waals surface area contributed by atoms with Gasteiger partial charge in [0.25, 0.3) is 0 Å². The van der Waals surface area contributed by atoms with Gasteiger partial charge in [-0.05, 0) is 45.1 Å². The maximum atomic E-state index is 9.04. The van der Waals surface area contributed by atoms with Crippen molar-refractivity contribution in [2.45, 2.75) is 59.5 Å². The molecule has 0 amide bonds. The highest BCUT2D eigenvalue weighted by molar-refractivity contribution is 5.24. The second-order valence-electron chi connectivity index (χ2n) is 6.36. The molecular formula is C16H29N3O. The number of rotatable bonds is 6. The lowest BCUT2D eigenvalue weighted by molar-refractivity contribution is 0.267. The summed E-state index contributed by atoms with van der Waals surface area (Å²) in [5, 5.41) is 17.1. The molecule has 1 fully saturated rings. The SMILES string of the molecule is Cc1nn(CCO)c(C)c1CNCC1CCCC(C)C1. The van der Waals surface area contributed by atoms with Gasteiger partial charge in [-0.3, -0.25) is 4.68 Å². The number of aliphatic hydroxyl groups is 1. The first kappa shape index (κ1) is 15.5. The molecule has 4 heteroatoms. The van der Waals surface area contributed by atoms with Crippen LogP contribution in [0, 0.1) is 25.7 Å². The molecule has 4 nitrogen and oxygen atoms in total. The summed E-state index contributed by atoms with van der Waals surface area (Å²) in [6.07, 6.45) is 5.54. The van der Waals surface area contributed by atoms with Crippen molar-refractivity contribution in [1.29, 1.82) is 0 Å². The van der Waals surface area contributed by atoms with E-state index in [0.717, 1.165) is 30.6 Å². The van der Waals surface area contributed by atoms with Gasteiger partial charge in [-0.15, -0.1) is 0 Å². The molecule has 2 rings (SSSR count). The zero-order chi connectivity index (χ0) is 14.5. The van der Waals surface area contributed by atoms with Crippen LogP contribution in [-0.2, 0) is 13.1 Å². The molecule has 0 aliphatic heterocycles. The second-order valence-corrected chi connectivity index (χ2v) is 6.36. The second kappa shape index (κ2) is 7.23. The van der Waals surface area contributed by atoms with Crippen LogP contribution in [0.25, 0.3) is 0 Å². The molecule has 2 atom stereocenters. The Labute approximate surface area is 122 Å². The van der Waals surface area contributed by atoms with E-state index in [1.165, 1.54) is 36.9 Å². The van der Waals surface area contributed by atoms with Crippen LogP contribution in [0.5, 0.6) is 0 Å². The van der Waals surface area contributed by atoms with Crippen LogP contribution in [0.15, 0.2) is 0 Å². The van der Waals surface area contributed by atoms with E-state index in [4.69, 9.17) is 5.11 Å². The number of aryl methyl sites for hydroxylation is 1. The Morgan fingerprint density at radius 2 is 2.15 bits per heavy atom. The Hall–Kier alpha value is -0.870. The highest BCUT2D eigenvalue weighted by Crippen LogP contribution is 2.28. The van der Waals surface area contributed by atoms with Gasteiger partial charge < -0.3 is 10.4 Å². The van der Waals surface area contributed by atoms with Gasteiger partial charge in [-0.1, -0.05) is 19.8 Å². The van der Waals surface area contributed by atoms with Gasteiger partial charge in [0, 0.05) is 17.8 Å². The molecule has 2 N–H and O–H groups in total. The van der Waals surface area contributed by atoms with Gasteiger partial charge in [0.05, 0.1) is 18.8 Å². The number of aromatic nitrogens is 2. The van der Waals surface area contributed by atoms with Gasteiger partial charge in [-0.25, -0.2) is 0 Å². The standard InChI is InChI=1S/C16H29N3O/c1-12-5-4-6-15(9-12)10-17-11-16-13(2)18-19(7-8-20)14(16)3/h12,15,17,20H,4-11H2,1-3H3. The maximum absolute atomic E-state index is 9.04. The van der Waals surface area contributed by atoms with E-state index >= 15 is 0 Å². The molecule has 114 valence electrons. The highest BCUT2D eigenvalue weighted by atomic mass is 16.3. The van der Waals surface area contributed by atoms with Crippen LogP contribution in [0.1, 0.15) is 49.6 Å². The Morgan fingerprint density at radius 1 is 1.35 bits per heavy atom. The molecular weight excluding hydrogens is 250 g/mol. The average Bonchev–Trinajstić information content (AvgIpc) is 2.67. The van der Waals surface area contributed by atoms with Crippen LogP contribution >= 0.6 is 0 Å². The molecule has 2 unspecified atom stereocenters. The number of hydrogen-bond acceptors (Lipinski definition) is 3. The van der Waals surface area contributed by atoms with E-state index in [0.29, 0.717) is 6.54 Å². The van der Waals surface area contributed by atoms with Crippen molar-refractivity contribution in [3.63, 3.8) is 0 Å². The van der Waals surface area contributed by atoms with Crippen LogP contribution in [-0.4, -0.2) is 28.0 Å². The van der Waals surface area contributed by atoms with Crippen LogP contribution < -0.4 is 5.32 Å². The third-order valence-corrected chi connectivity index (χ3v) is 4.62. The van der Waals surface area contributed by atoms with Crippen molar-refractivity contribution < 1.29 is 5.11 Å². The molecule has 0 bridgehead atoms. The van der Waals surface area contributed by atoms with Gasteiger partial charge in [0.1, 0.15) is 0 Å². The monoisotopic (exact) mass is 279 g/mol. The fraction of sp³-hybridized carbons (Fsp3) is 0.812. The maximum Gasteiger partial charge on any atom is 0.0644 e. The van der Waals surface area contributed by atoms with E-state index in [1.807, 2.05) is 4.68 Å². The first-order valence-corrected chi connectivity index (χ1v) is 7.96. The zero-order valence-electron chi connectivity index (χ0n) is 13.2. The van der Waals surface area contributed by atoms with E-state index in [1.54, 1.807) is 0 Å². The third kappa shape index (κ3) is 3.83. The zero-order valence-corrected chi connectivity index (χ0v) is 13.2. The van der Waals surface area contributed by atoms with Crippen LogP contribution in [0.3, 0.4) is 0 Å². The van der Waals surface area contributed by atoms with E-state index in [9.17, 15) is 0 Å². The van der Waals surface area contributed by atoms with Gasteiger partial charge in [-0.2, -0.15) is 5.10 Å². The fourth-order valence-corrected chi connectivity index (χ4v) is 3.45. The molecule has 1 aliphatic carbocycles. The van der Waals surface area contributed by atoms with Gasteiger partial charge in [0.2, 0.25) is 0 Å². The molecule has 1 aliphatic rings. The smallest absolute Gasteiger partial charge is 0.0644 e. The van der Waals surface area contributed by atoms with Crippen molar-refractivity contribution in [2.24, 2.45) is 11.8 Å². The first-order valence-electron chi connectivity index (χ1n) is 7.96. The Bertz CT molecular complexity index is 428. The van der Waals surface area contributed by atoms with Crippen molar-refractivity contribution in [3.8, 4) is 0 Å². The van der Waals surface area contributed by atoms with E-state index < -0.39 is 0 Å². The highest BCUT2D eigenvalue weighted by Gasteiger charge is 2.18. The number of aliphatic hydroxyl groups excluding tert-OH is 1. The average molecular weight is 279 g/mol. The predicted octanol–water partition coefficient (Wildman–Crippen LogP) is 2.41. The molecule has 0 spiro atoms. The van der Waals surface area contributed by atoms with Crippen molar-refractivity contribution in [3.05, 3.63) is 17.0 Å². The minimum Gasteiger partial charge on any atom is -0.394 e.